The third-order valence-electron chi connectivity index (χ3n) is 3.53. The first-order valence-electron chi connectivity index (χ1n) is 6.79. The van der Waals surface area contributed by atoms with Crippen LogP contribution in [0.1, 0.15) is 18.5 Å². The zero-order chi connectivity index (χ0) is 13.1. The van der Waals surface area contributed by atoms with E-state index in [-0.39, 0.29) is 0 Å². The van der Waals surface area contributed by atoms with Crippen molar-refractivity contribution >= 4 is 5.69 Å². The molecule has 1 aliphatic heterocycles. The van der Waals surface area contributed by atoms with Gasteiger partial charge in [-0.2, -0.15) is 5.10 Å². The highest BCUT2D eigenvalue weighted by atomic mass is 16.5. The molecule has 0 spiro atoms. The summed E-state index contributed by atoms with van der Waals surface area (Å²) in [6.45, 7) is 3.77. The number of anilines is 1. The monoisotopic (exact) mass is 257 g/mol. The first-order valence-corrected chi connectivity index (χ1v) is 6.79. The molecule has 1 aromatic carbocycles. The summed E-state index contributed by atoms with van der Waals surface area (Å²) in [5.74, 6) is 0. The molecule has 0 saturated carbocycles. The van der Waals surface area contributed by atoms with Gasteiger partial charge in [-0.05, 0) is 31.9 Å². The van der Waals surface area contributed by atoms with Crippen LogP contribution in [0, 0.1) is 6.92 Å². The summed E-state index contributed by atoms with van der Waals surface area (Å²) in [5, 5.41) is 8.00. The topological polar surface area (TPSA) is 39.1 Å². The molecule has 1 N–H and O–H groups in total. The molecule has 100 valence electrons. The van der Waals surface area contributed by atoms with Crippen molar-refractivity contribution in [3.8, 4) is 5.69 Å². The van der Waals surface area contributed by atoms with E-state index < -0.39 is 0 Å². The summed E-state index contributed by atoms with van der Waals surface area (Å²) in [5.41, 5.74) is 3.32. The van der Waals surface area contributed by atoms with Gasteiger partial charge in [0.2, 0.25) is 0 Å². The zero-order valence-corrected chi connectivity index (χ0v) is 11.2. The van der Waals surface area contributed by atoms with Gasteiger partial charge in [-0.3, -0.25) is 0 Å². The molecule has 0 amide bonds. The molecular formula is C15H19N3O. The van der Waals surface area contributed by atoms with E-state index in [1.807, 2.05) is 29.1 Å². The van der Waals surface area contributed by atoms with Crippen LogP contribution in [0.3, 0.4) is 0 Å². The molecule has 0 unspecified atom stereocenters. The maximum absolute atomic E-state index is 5.50. The maximum Gasteiger partial charge on any atom is 0.0763 e. The number of rotatable bonds is 3. The van der Waals surface area contributed by atoms with Gasteiger partial charge in [0.05, 0.1) is 29.9 Å². The van der Waals surface area contributed by atoms with Crippen molar-refractivity contribution in [3.63, 3.8) is 0 Å². The van der Waals surface area contributed by atoms with Gasteiger partial charge in [-0.15, -0.1) is 0 Å². The lowest BCUT2D eigenvalue weighted by Crippen LogP contribution is -2.30. The van der Waals surface area contributed by atoms with Gasteiger partial charge in [-0.25, -0.2) is 4.68 Å². The third-order valence-corrected chi connectivity index (χ3v) is 3.53. The maximum atomic E-state index is 5.50. The van der Waals surface area contributed by atoms with Crippen LogP contribution in [0.5, 0.6) is 0 Å². The molecule has 0 bridgehead atoms. The van der Waals surface area contributed by atoms with Crippen molar-refractivity contribution in [3.05, 3.63) is 42.2 Å². The predicted molar refractivity (Wildman–Crippen MR) is 75.8 cm³/mol. The molecule has 4 nitrogen and oxygen atoms in total. The molecule has 0 aliphatic carbocycles. The lowest BCUT2D eigenvalue weighted by Gasteiger charge is -2.23. The highest BCUT2D eigenvalue weighted by Crippen LogP contribution is 2.20. The summed E-state index contributed by atoms with van der Waals surface area (Å²) >= 11 is 0. The first-order chi connectivity index (χ1) is 9.34. The summed E-state index contributed by atoms with van der Waals surface area (Å²) in [4.78, 5) is 0. The second-order valence-corrected chi connectivity index (χ2v) is 4.95. The number of nitrogens with zero attached hydrogens (tertiary/aromatic N) is 2. The molecule has 1 saturated heterocycles. The van der Waals surface area contributed by atoms with Crippen LogP contribution in [0.25, 0.3) is 5.69 Å². The Kier molecular flexibility index (Phi) is 3.51. The molecule has 0 radical (unpaired) electrons. The Morgan fingerprint density at radius 1 is 1.32 bits per heavy atom. The van der Waals surface area contributed by atoms with Crippen molar-refractivity contribution in [2.45, 2.75) is 25.8 Å². The number of aromatic nitrogens is 2. The van der Waals surface area contributed by atoms with Gasteiger partial charge in [0.1, 0.15) is 0 Å². The minimum Gasteiger partial charge on any atom is -0.379 e. The fraction of sp³-hybridized carbons (Fsp3) is 0.400. The van der Waals surface area contributed by atoms with Crippen molar-refractivity contribution in [1.29, 1.82) is 0 Å². The normalized spacial score (nSPS) is 19.3. The molecule has 2 aromatic rings. The number of nitrogens with one attached hydrogen (secondary N) is 1. The Morgan fingerprint density at radius 3 is 2.89 bits per heavy atom. The highest BCUT2D eigenvalue weighted by Gasteiger charge is 2.16. The molecule has 1 aromatic heterocycles. The number of hydrogen-bond donors (Lipinski definition) is 1. The fourth-order valence-corrected chi connectivity index (χ4v) is 2.46. The minimum atomic E-state index is 0.404. The quantitative estimate of drug-likeness (QED) is 0.919. The molecule has 2 heterocycles. The predicted octanol–water partition coefficient (Wildman–Crippen LogP) is 2.77. The molecule has 3 rings (SSSR count). The summed E-state index contributed by atoms with van der Waals surface area (Å²) in [7, 11) is 0. The van der Waals surface area contributed by atoms with E-state index in [2.05, 4.69) is 29.5 Å². The Labute approximate surface area is 113 Å². The Hall–Kier alpha value is -1.81. The van der Waals surface area contributed by atoms with Gasteiger partial charge >= 0.3 is 0 Å². The average molecular weight is 257 g/mol. The Morgan fingerprint density at radius 2 is 2.16 bits per heavy atom. The third kappa shape index (κ3) is 2.63. The van der Waals surface area contributed by atoms with E-state index in [9.17, 15) is 0 Å². The number of ether oxygens (including phenoxy) is 1. The molecular weight excluding hydrogens is 238 g/mol. The number of benzene rings is 1. The van der Waals surface area contributed by atoms with Crippen molar-refractivity contribution in [2.24, 2.45) is 0 Å². The van der Waals surface area contributed by atoms with Gasteiger partial charge in [0, 0.05) is 12.6 Å². The van der Waals surface area contributed by atoms with E-state index >= 15 is 0 Å². The smallest absolute Gasteiger partial charge is 0.0763 e. The number of hydrogen-bond acceptors (Lipinski definition) is 3. The summed E-state index contributed by atoms with van der Waals surface area (Å²) in [6.07, 6.45) is 4.19. The molecule has 1 atom stereocenters. The van der Waals surface area contributed by atoms with Crippen LogP contribution in [-0.4, -0.2) is 29.0 Å². The largest absolute Gasteiger partial charge is 0.379 e. The first kappa shape index (κ1) is 12.2. The zero-order valence-electron chi connectivity index (χ0n) is 11.2. The Balaban J connectivity index is 1.79. The van der Waals surface area contributed by atoms with Crippen LogP contribution in [0.2, 0.25) is 0 Å². The van der Waals surface area contributed by atoms with Gasteiger partial charge in [-0.1, -0.05) is 18.2 Å². The number of para-hydroxylation sites is 1. The van der Waals surface area contributed by atoms with E-state index in [0.717, 1.165) is 43.1 Å². The van der Waals surface area contributed by atoms with Crippen LogP contribution < -0.4 is 5.32 Å². The van der Waals surface area contributed by atoms with Gasteiger partial charge in [0.25, 0.3) is 0 Å². The minimum absolute atomic E-state index is 0.404. The van der Waals surface area contributed by atoms with E-state index in [1.165, 1.54) is 0 Å². The average Bonchev–Trinajstić information content (AvgIpc) is 2.82. The van der Waals surface area contributed by atoms with Crippen LogP contribution in [0.15, 0.2) is 36.5 Å². The fourth-order valence-electron chi connectivity index (χ4n) is 2.46. The molecule has 4 heteroatoms. The van der Waals surface area contributed by atoms with Crippen LogP contribution in [-0.2, 0) is 4.74 Å². The second kappa shape index (κ2) is 5.45. The van der Waals surface area contributed by atoms with Crippen molar-refractivity contribution in [1.82, 2.24) is 9.78 Å². The lowest BCUT2D eigenvalue weighted by molar-refractivity contribution is 0.0876. The molecule has 19 heavy (non-hydrogen) atoms. The summed E-state index contributed by atoms with van der Waals surface area (Å²) in [6, 6.07) is 10.6. The van der Waals surface area contributed by atoms with E-state index in [1.54, 1.807) is 0 Å². The van der Waals surface area contributed by atoms with Gasteiger partial charge < -0.3 is 10.1 Å². The van der Waals surface area contributed by atoms with E-state index in [4.69, 9.17) is 4.74 Å². The van der Waals surface area contributed by atoms with Crippen LogP contribution in [0.4, 0.5) is 5.69 Å². The SMILES string of the molecule is Cc1c(N[C@H]2CCCOC2)cnn1-c1ccccc1. The summed E-state index contributed by atoms with van der Waals surface area (Å²) < 4.78 is 7.46. The standard InChI is InChI=1S/C15H19N3O/c1-12-15(17-13-6-5-9-19-11-13)10-16-18(12)14-7-3-2-4-8-14/h2-4,7-8,10,13,17H,5-6,9,11H2,1H3/t13-/m0/s1. The molecule has 1 fully saturated rings. The molecule has 1 aliphatic rings. The highest BCUT2D eigenvalue weighted by molar-refractivity contribution is 5.50. The lowest BCUT2D eigenvalue weighted by atomic mass is 10.1. The van der Waals surface area contributed by atoms with Crippen molar-refractivity contribution in [2.75, 3.05) is 18.5 Å². The van der Waals surface area contributed by atoms with Crippen LogP contribution >= 0.6 is 0 Å². The van der Waals surface area contributed by atoms with Crippen molar-refractivity contribution < 1.29 is 4.74 Å². The Bertz CT molecular complexity index is 530. The second-order valence-electron chi connectivity index (χ2n) is 4.95. The van der Waals surface area contributed by atoms with Gasteiger partial charge in [0.15, 0.2) is 0 Å². The van der Waals surface area contributed by atoms with E-state index in [0.29, 0.717) is 6.04 Å².